The summed E-state index contributed by atoms with van der Waals surface area (Å²) in [5.74, 6) is 1.54. The Kier molecular flexibility index (Phi) is 6.11. The molecule has 0 aliphatic rings. The van der Waals surface area contributed by atoms with E-state index in [9.17, 15) is 9.59 Å². The average molecular weight is 383 g/mol. The van der Waals surface area contributed by atoms with E-state index in [-0.39, 0.29) is 17.9 Å². The van der Waals surface area contributed by atoms with Gasteiger partial charge in [-0.2, -0.15) is 5.10 Å². The molecule has 0 saturated carbocycles. The van der Waals surface area contributed by atoms with E-state index in [4.69, 9.17) is 13.9 Å². The SMILES string of the molecule is COc1ccc(NC(=O)CCCn2nc(-c3ccco3)ccc2=O)cc1OC. The third-order valence-corrected chi connectivity index (χ3v) is 4.08. The number of hydrogen-bond donors (Lipinski definition) is 1. The fourth-order valence-corrected chi connectivity index (χ4v) is 2.69. The van der Waals surface area contributed by atoms with Gasteiger partial charge in [-0.15, -0.1) is 0 Å². The molecular formula is C20H21N3O5. The molecule has 2 aromatic heterocycles. The Morgan fingerprint density at radius 2 is 1.96 bits per heavy atom. The Labute approximate surface area is 161 Å². The molecule has 0 spiro atoms. The molecule has 0 saturated heterocycles. The van der Waals surface area contributed by atoms with E-state index in [0.717, 1.165) is 0 Å². The summed E-state index contributed by atoms with van der Waals surface area (Å²) in [6.45, 7) is 0.326. The molecule has 28 heavy (non-hydrogen) atoms. The standard InChI is InChI=1S/C20H21N3O5/c1-26-17-9-7-14(13-18(17)27-2)21-19(24)6-3-11-23-20(25)10-8-15(22-23)16-5-4-12-28-16/h4-5,7-10,12-13H,3,6,11H2,1-2H3,(H,21,24). The molecule has 0 atom stereocenters. The van der Waals surface area contributed by atoms with Crippen LogP contribution in [0.5, 0.6) is 11.5 Å². The molecule has 0 fully saturated rings. The lowest BCUT2D eigenvalue weighted by Crippen LogP contribution is -2.23. The molecule has 0 aliphatic carbocycles. The third-order valence-electron chi connectivity index (χ3n) is 4.08. The molecule has 146 valence electrons. The zero-order chi connectivity index (χ0) is 19.9. The maximum atomic E-state index is 12.2. The number of carbonyl (C=O) groups excluding carboxylic acids is 1. The van der Waals surface area contributed by atoms with Crippen molar-refractivity contribution in [1.82, 2.24) is 9.78 Å². The van der Waals surface area contributed by atoms with Crippen LogP contribution in [0.3, 0.4) is 0 Å². The second-order valence-electron chi connectivity index (χ2n) is 5.98. The normalized spacial score (nSPS) is 10.5. The lowest BCUT2D eigenvalue weighted by molar-refractivity contribution is -0.116. The first-order chi connectivity index (χ1) is 13.6. The van der Waals surface area contributed by atoms with Crippen molar-refractivity contribution < 1.29 is 18.7 Å². The maximum absolute atomic E-state index is 12.2. The number of nitrogens with one attached hydrogen (secondary N) is 1. The van der Waals surface area contributed by atoms with E-state index in [0.29, 0.717) is 41.6 Å². The van der Waals surface area contributed by atoms with Crippen molar-refractivity contribution in [3.63, 3.8) is 0 Å². The minimum Gasteiger partial charge on any atom is -0.493 e. The lowest BCUT2D eigenvalue weighted by Gasteiger charge is -2.11. The van der Waals surface area contributed by atoms with Gasteiger partial charge in [0.05, 0.1) is 20.5 Å². The summed E-state index contributed by atoms with van der Waals surface area (Å²) in [4.78, 5) is 24.2. The van der Waals surface area contributed by atoms with Crippen LogP contribution in [-0.2, 0) is 11.3 Å². The van der Waals surface area contributed by atoms with Gasteiger partial charge in [0, 0.05) is 30.8 Å². The number of methoxy groups -OCH3 is 2. The van der Waals surface area contributed by atoms with E-state index in [2.05, 4.69) is 10.4 Å². The minimum absolute atomic E-state index is 0.164. The number of carbonyl (C=O) groups is 1. The molecule has 0 unspecified atom stereocenters. The van der Waals surface area contributed by atoms with Crippen molar-refractivity contribution >= 4 is 11.6 Å². The number of aromatic nitrogens is 2. The van der Waals surface area contributed by atoms with Gasteiger partial charge in [0.15, 0.2) is 17.3 Å². The summed E-state index contributed by atoms with van der Waals surface area (Å²) in [6.07, 6.45) is 2.26. The Hall–Kier alpha value is -3.55. The molecule has 8 nitrogen and oxygen atoms in total. The number of anilines is 1. The minimum atomic E-state index is -0.226. The second-order valence-corrected chi connectivity index (χ2v) is 5.98. The largest absolute Gasteiger partial charge is 0.493 e. The maximum Gasteiger partial charge on any atom is 0.266 e. The summed E-state index contributed by atoms with van der Waals surface area (Å²) < 4.78 is 17.0. The van der Waals surface area contributed by atoms with E-state index in [1.807, 2.05) is 0 Å². The van der Waals surface area contributed by atoms with Gasteiger partial charge in [-0.3, -0.25) is 9.59 Å². The summed E-state index contributed by atoms with van der Waals surface area (Å²) >= 11 is 0. The topological polar surface area (TPSA) is 95.6 Å². The van der Waals surface area contributed by atoms with Gasteiger partial charge in [0.25, 0.3) is 5.56 Å². The van der Waals surface area contributed by atoms with Crippen molar-refractivity contribution in [2.75, 3.05) is 19.5 Å². The molecule has 3 aromatic rings. The molecule has 8 heteroatoms. The van der Waals surface area contributed by atoms with Gasteiger partial charge in [-0.1, -0.05) is 0 Å². The van der Waals surface area contributed by atoms with Crippen LogP contribution < -0.4 is 20.3 Å². The summed E-state index contributed by atoms with van der Waals surface area (Å²) in [7, 11) is 3.08. The number of rotatable bonds is 8. The van der Waals surface area contributed by atoms with Crippen LogP contribution in [0.2, 0.25) is 0 Å². The lowest BCUT2D eigenvalue weighted by atomic mass is 10.2. The molecule has 0 radical (unpaired) electrons. The van der Waals surface area contributed by atoms with Crippen LogP contribution in [0, 0.1) is 0 Å². The average Bonchev–Trinajstić information content (AvgIpc) is 3.24. The van der Waals surface area contributed by atoms with Crippen LogP contribution in [-0.4, -0.2) is 29.9 Å². The first-order valence-electron chi connectivity index (χ1n) is 8.74. The molecular weight excluding hydrogens is 362 g/mol. The quantitative estimate of drug-likeness (QED) is 0.643. The van der Waals surface area contributed by atoms with Crippen LogP contribution in [0.1, 0.15) is 12.8 Å². The number of nitrogens with zero attached hydrogens (tertiary/aromatic N) is 2. The molecule has 0 aliphatic heterocycles. The first kappa shape index (κ1) is 19.2. The number of amides is 1. The van der Waals surface area contributed by atoms with Crippen LogP contribution in [0.4, 0.5) is 5.69 Å². The first-order valence-corrected chi connectivity index (χ1v) is 8.74. The van der Waals surface area contributed by atoms with Crippen molar-refractivity contribution in [3.05, 3.63) is 59.1 Å². The Bertz CT molecular complexity index is 995. The van der Waals surface area contributed by atoms with Crippen molar-refractivity contribution in [2.24, 2.45) is 0 Å². The zero-order valence-corrected chi connectivity index (χ0v) is 15.7. The summed E-state index contributed by atoms with van der Waals surface area (Å²) in [5, 5.41) is 7.09. The third kappa shape index (κ3) is 4.59. The van der Waals surface area contributed by atoms with Crippen molar-refractivity contribution in [2.45, 2.75) is 19.4 Å². The molecule has 0 bridgehead atoms. The summed E-state index contributed by atoms with van der Waals surface area (Å²) in [6, 6.07) is 11.7. The van der Waals surface area contributed by atoms with Gasteiger partial charge >= 0.3 is 0 Å². The van der Waals surface area contributed by atoms with Crippen LogP contribution in [0.15, 0.2) is 57.9 Å². The highest BCUT2D eigenvalue weighted by Crippen LogP contribution is 2.29. The summed E-state index contributed by atoms with van der Waals surface area (Å²) in [5.41, 5.74) is 0.952. The fourth-order valence-electron chi connectivity index (χ4n) is 2.69. The van der Waals surface area contributed by atoms with Gasteiger partial charge in [-0.05, 0) is 36.8 Å². The van der Waals surface area contributed by atoms with Gasteiger partial charge in [-0.25, -0.2) is 4.68 Å². The Morgan fingerprint density at radius 1 is 1.14 bits per heavy atom. The Balaban J connectivity index is 1.57. The van der Waals surface area contributed by atoms with Crippen molar-refractivity contribution in [3.8, 4) is 23.0 Å². The Morgan fingerprint density at radius 3 is 2.68 bits per heavy atom. The number of ether oxygens (including phenoxy) is 2. The van der Waals surface area contributed by atoms with E-state index in [1.165, 1.54) is 17.9 Å². The van der Waals surface area contributed by atoms with E-state index >= 15 is 0 Å². The van der Waals surface area contributed by atoms with E-state index in [1.54, 1.807) is 49.8 Å². The highest BCUT2D eigenvalue weighted by molar-refractivity contribution is 5.91. The van der Waals surface area contributed by atoms with Gasteiger partial charge in [0.1, 0.15) is 5.69 Å². The predicted octanol–water partition coefficient (Wildman–Crippen LogP) is 2.94. The fraction of sp³-hybridized carbons (Fsp3) is 0.250. The number of hydrogen-bond acceptors (Lipinski definition) is 6. The van der Waals surface area contributed by atoms with Gasteiger partial charge < -0.3 is 19.2 Å². The molecule has 1 N–H and O–H groups in total. The highest BCUT2D eigenvalue weighted by atomic mass is 16.5. The smallest absolute Gasteiger partial charge is 0.266 e. The zero-order valence-electron chi connectivity index (χ0n) is 15.7. The van der Waals surface area contributed by atoms with Crippen LogP contribution >= 0.6 is 0 Å². The number of furan rings is 1. The molecule has 3 rings (SSSR count). The monoisotopic (exact) mass is 383 g/mol. The molecule has 2 heterocycles. The van der Waals surface area contributed by atoms with Crippen molar-refractivity contribution in [1.29, 1.82) is 0 Å². The predicted molar refractivity (Wildman–Crippen MR) is 104 cm³/mol. The van der Waals surface area contributed by atoms with E-state index < -0.39 is 0 Å². The van der Waals surface area contributed by atoms with Gasteiger partial charge in [0.2, 0.25) is 5.91 Å². The molecule has 1 aromatic carbocycles. The highest BCUT2D eigenvalue weighted by Gasteiger charge is 2.09. The second kappa shape index (κ2) is 8.90. The number of benzene rings is 1. The molecule has 1 amide bonds. The van der Waals surface area contributed by atoms with Crippen LogP contribution in [0.25, 0.3) is 11.5 Å². The number of aryl methyl sites for hydroxylation is 1.